The number of benzene rings is 1. The maximum atomic E-state index is 12.2. The van der Waals surface area contributed by atoms with E-state index >= 15 is 0 Å². The minimum absolute atomic E-state index is 0.112. The highest BCUT2D eigenvalue weighted by Crippen LogP contribution is 2.24. The van der Waals surface area contributed by atoms with Crippen LogP contribution < -0.4 is 10.3 Å². The van der Waals surface area contributed by atoms with Gasteiger partial charge in [-0.25, -0.2) is 0 Å². The molecular weight excluding hydrogens is 336 g/mol. The van der Waals surface area contributed by atoms with Crippen molar-refractivity contribution in [1.29, 1.82) is 0 Å². The number of nitrogens with zero attached hydrogens (tertiary/aromatic N) is 2. The molecule has 1 N–H and O–H groups in total. The van der Waals surface area contributed by atoms with E-state index in [0.717, 1.165) is 31.7 Å². The van der Waals surface area contributed by atoms with Crippen LogP contribution in [0, 0.1) is 13.8 Å². The first-order chi connectivity index (χ1) is 12.8. The Morgan fingerprint density at radius 3 is 2.33 bits per heavy atom. The van der Waals surface area contributed by atoms with Gasteiger partial charge in [-0.1, -0.05) is 43.7 Å². The highest BCUT2D eigenvalue weighted by molar-refractivity contribution is 5.54. The summed E-state index contributed by atoms with van der Waals surface area (Å²) in [5.41, 5.74) is 5.29. The van der Waals surface area contributed by atoms with E-state index in [2.05, 4.69) is 55.7 Å². The number of piperazine rings is 1. The summed E-state index contributed by atoms with van der Waals surface area (Å²) in [6.07, 6.45) is 0. The molecule has 27 heavy (non-hydrogen) atoms. The van der Waals surface area contributed by atoms with Crippen LogP contribution in [-0.2, 0) is 6.54 Å². The molecule has 0 spiro atoms. The molecular formula is C23H30N2O2. The lowest BCUT2D eigenvalue weighted by Gasteiger charge is -2.36. The molecule has 4 heteroatoms. The van der Waals surface area contributed by atoms with Gasteiger partial charge in [0.2, 0.25) is 5.43 Å². The molecule has 2 aromatic rings. The molecule has 1 fully saturated rings. The summed E-state index contributed by atoms with van der Waals surface area (Å²) in [7, 11) is 0. The van der Waals surface area contributed by atoms with Gasteiger partial charge in [-0.15, -0.1) is 0 Å². The number of rotatable bonds is 4. The predicted octanol–water partition coefficient (Wildman–Crippen LogP) is 3.81. The molecule has 2 aromatic carbocycles. The van der Waals surface area contributed by atoms with E-state index in [9.17, 15) is 9.90 Å². The summed E-state index contributed by atoms with van der Waals surface area (Å²) >= 11 is 0. The maximum Gasteiger partial charge on any atom is 0.220 e. The average Bonchev–Trinajstić information content (AvgIpc) is 2.76. The van der Waals surface area contributed by atoms with E-state index in [1.807, 2.05) is 12.1 Å². The van der Waals surface area contributed by atoms with Crippen LogP contribution in [0.25, 0.3) is 0 Å². The monoisotopic (exact) mass is 366 g/mol. The predicted molar refractivity (Wildman–Crippen MR) is 112 cm³/mol. The SMILES string of the molecule is Cc1ccc(N2CCN(Cc3ccc(C(C)C)cc(=O)c3O)CC2)c(C)c1. The summed E-state index contributed by atoms with van der Waals surface area (Å²) in [4.78, 5) is 17.0. The van der Waals surface area contributed by atoms with Gasteiger partial charge in [-0.2, -0.15) is 0 Å². The van der Waals surface area contributed by atoms with E-state index in [0.29, 0.717) is 12.1 Å². The minimum atomic E-state index is -0.285. The largest absolute Gasteiger partial charge is 0.504 e. The van der Waals surface area contributed by atoms with Crippen molar-refractivity contribution in [3.8, 4) is 5.75 Å². The molecule has 0 aliphatic carbocycles. The van der Waals surface area contributed by atoms with E-state index in [1.54, 1.807) is 6.07 Å². The number of hydrogen-bond acceptors (Lipinski definition) is 4. The number of aryl methyl sites for hydroxylation is 2. The van der Waals surface area contributed by atoms with Crippen molar-refractivity contribution in [1.82, 2.24) is 4.90 Å². The smallest absolute Gasteiger partial charge is 0.220 e. The molecule has 0 amide bonds. The molecule has 0 radical (unpaired) electrons. The zero-order valence-electron chi connectivity index (χ0n) is 16.8. The fourth-order valence-corrected chi connectivity index (χ4v) is 3.74. The molecule has 0 atom stereocenters. The maximum absolute atomic E-state index is 12.2. The van der Waals surface area contributed by atoms with Gasteiger partial charge < -0.3 is 10.0 Å². The van der Waals surface area contributed by atoms with Crippen molar-refractivity contribution in [2.45, 2.75) is 40.2 Å². The lowest BCUT2D eigenvalue weighted by Crippen LogP contribution is -2.46. The Morgan fingerprint density at radius 1 is 1.00 bits per heavy atom. The fraction of sp³-hybridized carbons (Fsp3) is 0.435. The van der Waals surface area contributed by atoms with Crippen LogP contribution in [0.5, 0.6) is 5.75 Å². The van der Waals surface area contributed by atoms with Crippen molar-refractivity contribution in [2.24, 2.45) is 0 Å². The summed E-state index contributed by atoms with van der Waals surface area (Å²) in [6.45, 7) is 12.7. The zero-order chi connectivity index (χ0) is 19.6. The van der Waals surface area contributed by atoms with Crippen LogP contribution in [0.4, 0.5) is 5.69 Å². The summed E-state index contributed by atoms with van der Waals surface area (Å²) < 4.78 is 0. The number of hydrogen-bond donors (Lipinski definition) is 1. The van der Waals surface area contributed by atoms with E-state index in [-0.39, 0.29) is 17.1 Å². The van der Waals surface area contributed by atoms with Gasteiger partial charge in [-0.05, 0) is 43.0 Å². The second-order valence-corrected chi connectivity index (χ2v) is 7.92. The molecule has 1 aliphatic heterocycles. The zero-order valence-corrected chi connectivity index (χ0v) is 16.8. The second-order valence-electron chi connectivity index (χ2n) is 7.92. The second kappa shape index (κ2) is 8.13. The summed E-state index contributed by atoms with van der Waals surface area (Å²) in [6, 6.07) is 12.0. The first-order valence-electron chi connectivity index (χ1n) is 9.76. The van der Waals surface area contributed by atoms with Gasteiger partial charge in [0.1, 0.15) is 0 Å². The Morgan fingerprint density at radius 2 is 1.70 bits per heavy atom. The summed E-state index contributed by atoms with van der Waals surface area (Å²) in [5, 5.41) is 10.3. The number of aromatic hydroxyl groups is 1. The van der Waals surface area contributed by atoms with Crippen molar-refractivity contribution < 1.29 is 5.11 Å². The Balaban J connectivity index is 1.70. The topological polar surface area (TPSA) is 43.8 Å². The normalized spacial score (nSPS) is 15.4. The lowest BCUT2D eigenvalue weighted by molar-refractivity contribution is 0.246. The molecule has 1 aliphatic rings. The molecule has 0 saturated carbocycles. The third-order valence-corrected chi connectivity index (χ3v) is 5.44. The standard InChI is InChI=1S/C23H30N2O2/c1-16(2)19-6-7-20(23(27)22(26)14-19)15-24-9-11-25(12-10-24)21-8-5-17(3)13-18(21)4/h5-8,13-14,16H,9-12,15H2,1-4H3,(H,26,27). The Labute approximate surface area is 162 Å². The van der Waals surface area contributed by atoms with Crippen LogP contribution in [-0.4, -0.2) is 36.2 Å². The Kier molecular flexibility index (Phi) is 5.85. The van der Waals surface area contributed by atoms with Gasteiger partial charge in [0.25, 0.3) is 0 Å². The van der Waals surface area contributed by atoms with Gasteiger partial charge >= 0.3 is 0 Å². The molecule has 0 aromatic heterocycles. The van der Waals surface area contributed by atoms with Crippen molar-refractivity contribution in [3.63, 3.8) is 0 Å². The van der Waals surface area contributed by atoms with E-state index in [1.165, 1.54) is 16.8 Å². The van der Waals surface area contributed by atoms with Crippen LogP contribution >= 0.6 is 0 Å². The first-order valence-corrected chi connectivity index (χ1v) is 9.76. The number of anilines is 1. The van der Waals surface area contributed by atoms with Gasteiger partial charge in [0.15, 0.2) is 5.75 Å². The molecule has 0 bridgehead atoms. The third-order valence-electron chi connectivity index (χ3n) is 5.44. The first kappa shape index (κ1) is 19.4. The van der Waals surface area contributed by atoms with Crippen molar-refractivity contribution >= 4 is 5.69 Å². The minimum Gasteiger partial charge on any atom is -0.504 e. The molecule has 3 rings (SSSR count). The van der Waals surface area contributed by atoms with E-state index < -0.39 is 0 Å². The van der Waals surface area contributed by atoms with Crippen LogP contribution in [0.15, 0.2) is 41.2 Å². The van der Waals surface area contributed by atoms with Crippen LogP contribution in [0.2, 0.25) is 0 Å². The summed E-state index contributed by atoms with van der Waals surface area (Å²) in [5.74, 6) is 0.150. The fourth-order valence-electron chi connectivity index (χ4n) is 3.74. The Hall–Kier alpha value is -2.33. The Bertz CT molecular complexity index is 869. The van der Waals surface area contributed by atoms with Crippen LogP contribution in [0.1, 0.15) is 42.0 Å². The van der Waals surface area contributed by atoms with Crippen molar-refractivity contribution in [2.75, 3.05) is 31.1 Å². The highest BCUT2D eigenvalue weighted by atomic mass is 16.3. The highest BCUT2D eigenvalue weighted by Gasteiger charge is 2.19. The van der Waals surface area contributed by atoms with Gasteiger partial charge in [0.05, 0.1) is 0 Å². The van der Waals surface area contributed by atoms with Crippen LogP contribution in [0.3, 0.4) is 0 Å². The molecule has 1 saturated heterocycles. The quantitative estimate of drug-likeness (QED) is 0.893. The van der Waals surface area contributed by atoms with Crippen molar-refractivity contribution in [3.05, 3.63) is 68.9 Å². The molecule has 1 heterocycles. The third kappa shape index (κ3) is 4.51. The lowest BCUT2D eigenvalue weighted by atomic mass is 10.1. The molecule has 0 unspecified atom stereocenters. The molecule has 4 nitrogen and oxygen atoms in total. The molecule has 144 valence electrons. The van der Waals surface area contributed by atoms with Gasteiger partial charge in [0, 0.05) is 44.0 Å². The van der Waals surface area contributed by atoms with Gasteiger partial charge in [-0.3, -0.25) is 9.69 Å². The average molecular weight is 367 g/mol. The van der Waals surface area contributed by atoms with E-state index in [4.69, 9.17) is 0 Å².